The Morgan fingerprint density at radius 1 is 1.41 bits per heavy atom. The number of hydrogen-bond donors (Lipinski definition) is 3. The van der Waals surface area contributed by atoms with Crippen LogP contribution in [0.15, 0.2) is 36.8 Å². The Morgan fingerprint density at radius 3 is 2.94 bits per heavy atom. The maximum atomic E-state index is 11.8. The zero-order valence-corrected chi connectivity index (χ0v) is 9.53. The van der Waals surface area contributed by atoms with E-state index in [-0.39, 0.29) is 5.91 Å². The highest BCUT2D eigenvalue weighted by molar-refractivity contribution is 6.03. The van der Waals surface area contributed by atoms with Crippen LogP contribution in [0.2, 0.25) is 0 Å². The fourth-order valence-electron chi connectivity index (χ4n) is 1.56. The molecule has 17 heavy (non-hydrogen) atoms. The molecule has 0 unspecified atom stereocenters. The number of aromatic nitrogens is 2. The molecule has 88 valence electrons. The predicted octanol–water partition coefficient (Wildman–Crippen LogP) is 1.38. The minimum Gasteiger partial charge on any atom is -0.341 e. The number of rotatable bonds is 4. The van der Waals surface area contributed by atoms with Gasteiger partial charge >= 0.3 is 0 Å². The maximum absolute atomic E-state index is 11.8. The molecule has 0 atom stereocenters. The maximum Gasteiger partial charge on any atom is 0.273 e. The van der Waals surface area contributed by atoms with E-state index in [1.54, 1.807) is 0 Å². The lowest BCUT2D eigenvalue weighted by atomic mass is 10.1. The molecule has 0 aliphatic carbocycles. The third-order valence-corrected chi connectivity index (χ3v) is 2.38. The van der Waals surface area contributed by atoms with Gasteiger partial charge in [0.15, 0.2) is 0 Å². The molecule has 5 nitrogen and oxygen atoms in total. The number of carbonyl (C=O) groups excluding carboxylic acids is 1. The Hall–Kier alpha value is -2.14. The van der Waals surface area contributed by atoms with Gasteiger partial charge in [0.25, 0.3) is 5.91 Å². The lowest BCUT2D eigenvalue weighted by Crippen LogP contribution is -2.15. The average Bonchev–Trinajstić information content (AvgIpc) is 2.85. The second-order valence-corrected chi connectivity index (χ2v) is 3.61. The molecule has 3 N–H and O–H groups in total. The average molecular weight is 230 g/mol. The quantitative estimate of drug-likeness (QED) is 0.743. The standard InChI is InChI=1S/C12H14N4O/c1-13-6-9-4-2-3-5-10(9)16-12(17)11-7-14-8-15-11/h2-5,7-8,13H,6H2,1H3,(H,14,15)(H,16,17). The third kappa shape index (κ3) is 2.70. The molecule has 5 heteroatoms. The van der Waals surface area contributed by atoms with Crippen LogP contribution < -0.4 is 10.6 Å². The van der Waals surface area contributed by atoms with Crippen molar-refractivity contribution < 1.29 is 4.79 Å². The first-order valence-corrected chi connectivity index (χ1v) is 5.33. The summed E-state index contributed by atoms with van der Waals surface area (Å²) in [5.41, 5.74) is 2.30. The van der Waals surface area contributed by atoms with E-state index in [1.165, 1.54) is 12.5 Å². The summed E-state index contributed by atoms with van der Waals surface area (Å²) in [6.45, 7) is 0.708. The van der Waals surface area contributed by atoms with E-state index in [2.05, 4.69) is 20.6 Å². The summed E-state index contributed by atoms with van der Waals surface area (Å²) in [6.07, 6.45) is 2.98. The van der Waals surface area contributed by atoms with Gasteiger partial charge in [0.2, 0.25) is 0 Å². The second kappa shape index (κ2) is 5.27. The number of carbonyl (C=O) groups is 1. The lowest BCUT2D eigenvalue weighted by Gasteiger charge is -2.09. The van der Waals surface area contributed by atoms with Crippen molar-refractivity contribution in [3.05, 3.63) is 48.0 Å². The summed E-state index contributed by atoms with van der Waals surface area (Å²) in [6, 6.07) is 7.68. The summed E-state index contributed by atoms with van der Waals surface area (Å²) in [7, 11) is 1.87. The zero-order chi connectivity index (χ0) is 12.1. The van der Waals surface area contributed by atoms with Crippen LogP contribution in [0.3, 0.4) is 0 Å². The first-order chi connectivity index (χ1) is 8.31. The van der Waals surface area contributed by atoms with E-state index in [9.17, 15) is 4.79 Å². The van der Waals surface area contributed by atoms with Crippen molar-refractivity contribution in [2.75, 3.05) is 12.4 Å². The van der Waals surface area contributed by atoms with Gasteiger partial charge in [-0.1, -0.05) is 18.2 Å². The largest absolute Gasteiger partial charge is 0.341 e. The Bertz CT molecular complexity index is 493. The fraction of sp³-hybridized carbons (Fsp3) is 0.167. The Morgan fingerprint density at radius 2 is 2.24 bits per heavy atom. The van der Waals surface area contributed by atoms with Gasteiger partial charge in [-0.3, -0.25) is 4.79 Å². The Labute approximate surface area is 99.3 Å². The van der Waals surface area contributed by atoms with Crippen LogP contribution in [0.25, 0.3) is 0 Å². The monoisotopic (exact) mass is 230 g/mol. The van der Waals surface area contributed by atoms with Crippen LogP contribution in [-0.2, 0) is 6.54 Å². The van der Waals surface area contributed by atoms with Crippen LogP contribution in [0.5, 0.6) is 0 Å². The molecule has 0 aliphatic heterocycles. The summed E-state index contributed by atoms with van der Waals surface area (Å²) < 4.78 is 0. The smallest absolute Gasteiger partial charge is 0.273 e. The van der Waals surface area contributed by atoms with Gasteiger partial charge in [-0.05, 0) is 18.7 Å². The van der Waals surface area contributed by atoms with Crippen LogP contribution in [0.4, 0.5) is 5.69 Å². The van der Waals surface area contributed by atoms with Crippen LogP contribution in [0.1, 0.15) is 16.1 Å². The second-order valence-electron chi connectivity index (χ2n) is 3.61. The molecule has 1 aromatic carbocycles. The third-order valence-electron chi connectivity index (χ3n) is 2.38. The van der Waals surface area contributed by atoms with Gasteiger partial charge in [0, 0.05) is 12.2 Å². The molecule has 1 amide bonds. The van der Waals surface area contributed by atoms with E-state index >= 15 is 0 Å². The molecule has 2 rings (SSSR count). The van der Waals surface area contributed by atoms with Crippen LogP contribution in [-0.4, -0.2) is 22.9 Å². The van der Waals surface area contributed by atoms with Crippen molar-refractivity contribution >= 4 is 11.6 Å². The Balaban J connectivity index is 2.15. The number of nitrogens with one attached hydrogen (secondary N) is 3. The topological polar surface area (TPSA) is 69.8 Å². The molecule has 0 saturated carbocycles. The highest BCUT2D eigenvalue weighted by atomic mass is 16.1. The van der Waals surface area contributed by atoms with E-state index in [4.69, 9.17) is 0 Å². The number of para-hydroxylation sites is 1. The highest BCUT2D eigenvalue weighted by Crippen LogP contribution is 2.15. The summed E-state index contributed by atoms with van der Waals surface area (Å²) in [5.74, 6) is -0.189. The van der Waals surface area contributed by atoms with Gasteiger partial charge in [-0.2, -0.15) is 0 Å². The highest BCUT2D eigenvalue weighted by Gasteiger charge is 2.09. The number of H-pyrrole nitrogens is 1. The van der Waals surface area contributed by atoms with E-state index in [0.717, 1.165) is 11.3 Å². The molecule has 0 bridgehead atoms. The van der Waals surface area contributed by atoms with Crippen LogP contribution >= 0.6 is 0 Å². The first-order valence-electron chi connectivity index (χ1n) is 5.33. The fourth-order valence-corrected chi connectivity index (χ4v) is 1.56. The molecule has 0 spiro atoms. The van der Waals surface area contributed by atoms with Gasteiger partial charge in [-0.15, -0.1) is 0 Å². The lowest BCUT2D eigenvalue weighted by molar-refractivity contribution is 0.102. The molecule has 1 aromatic heterocycles. The van der Waals surface area contributed by atoms with Crippen molar-refractivity contribution in [1.29, 1.82) is 0 Å². The molecule has 0 fully saturated rings. The first kappa shape index (κ1) is 11.3. The number of amides is 1. The van der Waals surface area contributed by atoms with Gasteiger partial charge < -0.3 is 15.6 Å². The summed E-state index contributed by atoms with van der Waals surface area (Å²) in [4.78, 5) is 18.4. The SMILES string of the molecule is CNCc1ccccc1NC(=O)c1cnc[nH]1. The summed E-state index contributed by atoms with van der Waals surface area (Å²) >= 11 is 0. The van der Waals surface area contributed by atoms with Gasteiger partial charge in [0.1, 0.15) is 5.69 Å². The minimum absolute atomic E-state index is 0.189. The molecule has 0 radical (unpaired) electrons. The predicted molar refractivity (Wildman–Crippen MR) is 65.7 cm³/mol. The molecule has 1 heterocycles. The Kier molecular flexibility index (Phi) is 3.52. The number of anilines is 1. The van der Waals surface area contributed by atoms with Gasteiger partial charge in [-0.25, -0.2) is 4.98 Å². The minimum atomic E-state index is -0.189. The van der Waals surface area contributed by atoms with Crippen LogP contribution in [0, 0.1) is 0 Å². The number of imidazole rings is 1. The molecule has 0 aliphatic rings. The molecular weight excluding hydrogens is 216 g/mol. The molecular formula is C12H14N4O. The number of benzene rings is 1. The van der Waals surface area contributed by atoms with E-state index in [0.29, 0.717) is 12.2 Å². The summed E-state index contributed by atoms with van der Waals surface area (Å²) in [5, 5.41) is 5.91. The number of aromatic amines is 1. The van der Waals surface area contributed by atoms with Crippen molar-refractivity contribution in [3.8, 4) is 0 Å². The zero-order valence-electron chi connectivity index (χ0n) is 9.53. The normalized spacial score (nSPS) is 10.2. The van der Waals surface area contributed by atoms with Crippen molar-refractivity contribution in [1.82, 2.24) is 15.3 Å². The van der Waals surface area contributed by atoms with Crippen molar-refractivity contribution in [2.45, 2.75) is 6.54 Å². The van der Waals surface area contributed by atoms with Gasteiger partial charge in [0.05, 0.1) is 12.5 Å². The number of hydrogen-bond acceptors (Lipinski definition) is 3. The van der Waals surface area contributed by atoms with Crippen molar-refractivity contribution in [3.63, 3.8) is 0 Å². The van der Waals surface area contributed by atoms with Crippen molar-refractivity contribution in [2.24, 2.45) is 0 Å². The number of nitrogens with zero attached hydrogens (tertiary/aromatic N) is 1. The molecule has 2 aromatic rings. The van der Waals surface area contributed by atoms with E-state index < -0.39 is 0 Å². The molecule has 0 saturated heterocycles. The van der Waals surface area contributed by atoms with E-state index in [1.807, 2.05) is 31.3 Å².